The first-order chi connectivity index (χ1) is 15.3. The number of aliphatic hydroxyl groups is 2. The summed E-state index contributed by atoms with van der Waals surface area (Å²) in [4.78, 5) is 13.0. The lowest BCUT2D eigenvalue weighted by Crippen LogP contribution is -2.29. The van der Waals surface area contributed by atoms with Crippen molar-refractivity contribution < 1.29 is 10.2 Å². The second-order valence-electron chi connectivity index (χ2n) is 9.31. The quantitative estimate of drug-likeness (QED) is 0.498. The number of anilines is 1. The molecule has 1 aromatic carbocycles. The predicted octanol–water partition coefficient (Wildman–Crippen LogP) is 2.67. The van der Waals surface area contributed by atoms with Crippen molar-refractivity contribution >= 4 is 28.4 Å². The molecule has 32 heavy (non-hydrogen) atoms. The minimum Gasteiger partial charge on any atom is -0.390 e. The van der Waals surface area contributed by atoms with Gasteiger partial charge in [0.1, 0.15) is 29.7 Å². The minimum atomic E-state index is -0.859. The van der Waals surface area contributed by atoms with Crippen molar-refractivity contribution in [2.45, 2.75) is 57.3 Å². The molecule has 0 bridgehead atoms. The Balaban J connectivity index is 1.32. The molecule has 1 aliphatic carbocycles. The van der Waals surface area contributed by atoms with Gasteiger partial charge in [-0.2, -0.15) is 0 Å². The zero-order chi connectivity index (χ0) is 22.6. The van der Waals surface area contributed by atoms with E-state index in [4.69, 9.17) is 11.5 Å². The summed E-state index contributed by atoms with van der Waals surface area (Å²) in [5.41, 5.74) is 16.1. The van der Waals surface area contributed by atoms with E-state index in [-0.39, 0.29) is 17.9 Å². The molecule has 8 heteroatoms. The summed E-state index contributed by atoms with van der Waals surface area (Å²) >= 11 is 0. The van der Waals surface area contributed by atoms with Gasteiger partial charge >= 0.3 is 0 Å². The van der Waals surface area contributed by atoms with Crippen molar-refractivity contribution in [2.75, 3.05) is 5.73 Å². The van der Waals surface area contributed by atoms with E-state index in [2.05, 4.69) is 47.0 Å². The zero-order valence-electron chi connectivity index (χ0n) is 18.4. The lowest BCUT2D eigenvalue weighted by atomic mass is 9.84. The van der Waals surface area contributed by atoms with Crippen molar-refractivity contribution in [1.29, 1.82) is 0 Å². The van der Waals surface area contributed by atoms with Crippen molar-refractivity contribution in [1.82, 2.24) is 14.5 Å². The van der Waals surface area contributed by atoms with Crippen molar-refractivity contribution in [3.8, 4) is 0 Å². The standard InChI is InChI=1S/C24H30N6O2/c1-12-13(2)22(25)29-18-9-14(4-6-16(12)18)3-5-15-10-19(21(32)20(15)31)30-8-7-17-23(26)27-11-28-24(17)30/h4,6-9,11-13,15,19-21,31-32H,3,5,10H2,1-2H3,(H2,25,29)(H2,26,27,28)/t12-,13-,15-,19+,20+,21-/m0/s1. The van der Waals surface area contributed by atoms with Gasteiger partial charge in [0.15, 0.2) is 0 Å². The first kappa shape index (κ1) is 20.9. The topological polar surface area (TPSA) is 136 Å². The lowest BCUT2D eigenvalue weighted by molar-refractivity contribution is 0.00545. The highest BCUT2D eigenvalue weighted by Crippen LogP contribution is 2.41. The largest absolute Gasteiger partial charge is 0.390 e. The fourth-order valence-corrected chi connectivity index (χ4v) is 5.27. The molecule has 0 spiro atoms. The van der Waals surface area contributed by atoms with Crippen LogP contribution < -0.4 is 11.5 Å². The maximum absolute atomic E-state index is 10.8. The maximum atomic E-state index is 10.8. The van der Waals surface area contributed by atoms with Crippen LogP contribution in [-0.4, -0.2) is 42.8 Å². The third kappa shape index (κ3) is 3.34. The number of hydrogen-bond donors (Lipinski definition) is 4. The van der Waals surface area contributed by atoms with Gasteiger partial charge in [-0.15, -0.1) is 0 Å². The molecule has 0 saturated heterocycles. The van der Waals surface area contributed by atoms with Gasteiger partial charge in [0.25, 0.3) is 0 Å². The molecule has 5 rings (SSSR count). The van der Waals surface area contributed by atoms with Crippen LogP contribution in [0.15, 0.2) is 41.8 Å². The molecule has 0 radical (unpaired) electrons. The van der Waals surface area contributed by atoms with Gasteiger partial charge < -0.3 is 26.2 Å². The summed E-state index contributed by atoms with van der Waals surface area (Å²) in [5, 5.41) is 22.3. The van der Waals surface area contributed by atoms with E-state index >= 15 is 0 Å². The fourth-order valence-electron chi connectivity index (χ4n) is 5.27. The van der Waals surface area contributed by atoms with Crippen molar-refractivity contribution in [3.05, 3.63) is 47.9 Å². The second-order valence-corrected chi connectivity index (χ2v) is 9.31. The summed E-state index contributed by atoms with van der Waals surface area (Å²) in [6.45, 7) is 4.29. The van der Waals surface area contributed by atoms with E-state index in [1.165, 1.54) is 17.5 Å². The monoisotopic (exact) mass is 434 g/mol. The van der Waals surface area contributed by atoms with E-state index < -0.39 is 12.2 Å². The molecule has 3 heterocycles. The molecule has 2 aromatic heterocycles. The van der Waals surface area contributed by atoms with Crippen LogP contribution in [0, 0.1) is 11.8 Å². The summed E-state index contributed by atoms with van der Waals surface area (Å²) in [5.74, 6) is 1.67. The van der Waals surface area contributed by atoms with Gasteiger partial charge in [0, 0.05) is 12.1 Å². The van der Waals surface area contributed by atoms with Crippen molar-refractivity contribution in [3.63, 3.8) is 0 Å². The molecular formula is C24H30N6O2. The Kier molecular flexibility index (Phi) is 5.14. The predicted molar refractivity (Wildman–Crippen MR) is 125 cm³/mol. The Morgan fingerprint density at radius 3 is 2.69 bits per heavy atom. The van der Waals surface area contributed by atoms with Crippen LogP contribution in [-0.2, 0) is 6.42 Å². The van der Waals surface area contributed by atoms with Gasteiger partial charge in [-0.3, -0.25) is 0 Å². The molecule has 8 nitrogen and oxygen atoms in total. The number of benzene rings is 1. The van der Waals surface area contributed by atoms with Gasteiger partial charge in [0.2, 0.25) is 0 Å². The first-order valence-corrected chi connectivity index (χ1v) is 11.2. The molecule has 1 saturated carbocycles. The number of fused-ring (bicyclic) bond motifs is 2. The van der Waals surface area contributed by atoms with Crippen LogP contribution in [0.1, 0.15) is 49.8 Å². The number of rotatable bonds is 4. The third-order valence-electron chi connectivity index (χ3n) is 7.52. The van der Waals surface area contributed by atoms with Gasteiger partial charge in [-0.05, 0) is 54.4 Å². The Bertz CT molecular complexity index is 1190. The lowest BCUT2D eigenvalue weighted by Gasteiger charge is -2.26. The molecule has 3 aromatic rings. The Morgan fingerprint density at radius 1 is 1.06 bits per heavy atom. The van der Waals surface area contributed by atoms with E-state index in [0.717, 1.165) is 23.9 Å². The number of aromatic nitrogens is 3. The van der Waals surface area contributed by atoms with Crippen LogP contribution in [0.3, 0.4) is 0 Å². The molecule has 6 N–H and O–H groups in total. The zero-order valence-corrected chi connectivity index (χ0v) is 18.4. The summed E-state index contributed by atoms with van der Waals surface area (Å²) in [6, 6.07) is 8.02. The van der Waals surface area contributed by atoms with E-state index in [1.54, 1.807) is 0 Å². The Morgan fingerprint density at radius 2 is 1.88 bits per heavy atom. The molecular weight excluding hydrogens is 404 g/mol. The van der Waals surface area contributed by atoms with Crippen LogP contribution in [0.2, 0.25) is 0 Å². The maximum Gasteiger partial charge on any atom is 0.145 e. The molecule has 6 atom stereocenters. The fraction of sp³-hybridized carbons (Fsp3) is 0.458. The smallest absolute Gasteiger partial charge is 0.145 e. The number of nitrogens with two attached hydrogens (primary N) is 2. The number of amidine groups is 1. The van der Waals surface area contributed by atoms with Crippen LogP contribution in [0.5, 0.6) is 0 Å². The van der Waals surface area contributed by atoms with Crippen LogP contribution in [0.4, 0.5) is 11.5 Å². The average molecular weight is 435 g/mol. The highest BCUT2D eigenvalue weighted by atomic mass is 16.3. The molecule has 1 fully saturated rings. The SMILES string of the molecule is C[C@@H]1C(N)=Nc2cc(CC[C@H]3C[C@@H](n4ccc5c(N)ncnc54)[C@H](O)[C@@H]3O)ccc2[C@H]1C. The second kappa shape index (κ2) is 7.86. The molecule has 2 aliphatic rings. The van der Waals surface area contributed by atoms with Crippen LogP contribution >= 0.6 is 0 Å². The molecule has 168 valence electrons. The number of aliphatic imine (C=N–C) groups is 1. The van der Waals surface area contributed by atoms with Gasteiger partial charge in [-0.25, -0.2) is 15.0 Å². The van der Waals surface area contributed by atoms with Gasteiger partial charge in [-0.1, -0.05) is 26.0 Å². The number of hydrogen-bond acceptors (Lipinski definition) is 7. The van der Waals surface area contributed by atoms with E-state index in [1.807, 2.05) is 16.8 Å². The summed E-state index contributed by atoms with van der Waals surface area (Å²) in [6.07, 6.45) is 3.89. The number of aryl methyl sites for hydroxylation is 1. The van der Waals surface area contributed by atoms with Crippen molar-refractivity contribution in [2.24, 2.45) is 22.6 Å². The highest BCUT2D eigenvalue weighted by Gasteiger charge is 2.42. The number of nitrogens with zero attached hydrogens (tertiary/aromatic N) is 4. The molecule has 0 amide bonds. The van der Waals surface area contributed by atoms with Crippen LogP contribution in [0.25, 0.3) is 11.0 Å². The third-order valence-corrected chi connectivity index (χ3v) is 7.52. The highest BCUT2D eigenvalue weighted by molar-refractivity contribution is 5.88. The minimum absolute atomic E-state index is 0.0183. The Labute approximate surface area is 187 Å². The Hall–Kier alpha value is -2.97. The summed E-state index contributed by atoms with van der Waals surface area (Å²) in [7, 11) is 0. The number of nitrogen functional groups attached to an aromatic ring is 1. The van der Waals surface area contributed by atoms with E-state index in [0.29, 0.717) is 29.6 Å². The first-order valence-electron chi connectivity index (χ1n) is 11.2. The van der Waals surface area contributed by atoms with Gasteiger partial charge in [0.05, 0.1) is 23.2 Å². The molecule has 0 unspecified atom stereocenters. The number of aliphatic hydroxyl groups excluding tert-OH is 2. The van der Waals surface area contributed by atoms with E-state index in [9.17, 15) is 10.2 Å². The molecule has 1 aliphatic heterocycles. The summed E-state index contributed by atoms with van der Waals surface area (Å²) < 4.78 is 1.92. The normalized spacial score (nSPS) is 29.8. The average Bonchev–Trinajstić information content (AvgIpc) is 3.33.